The summed E-state index contributed by atoms with van der Waals surface area (Å²) in [5, 5.41) is 10.2. The maximum absolute atomic E-state index is 10.2. The molecule has 3 nitrogen and oxygen atoms in total. The molecular weight excluding hydrogens is 204 g/mol. The van der Waals surface area contributed by atoms with Crippen LogP contribution in [0.3, 0.4) is 0 Å². The minimum absolute atomic E-state index is 0.232. The van der Waals surface area contributed by atoms with E-state index in [4.69, 9.17) is 9.47 Å². The predicted octanol–water partition coefficient (Wildman–Crippen LogP) is 1.90. The lowest BCUT2D eigenvalue weighted by Gasteiger charge is -2.24. The molecule has 0 amide bonds. The third-order valence-corrected chi connectivity index (χ3v) is 2.74. The molecule has 1 heterocycles. The second-order valence-electron chi connectivity index (χ2n) is 3.78. The Bertz CT molecular complexity index is 330. The van der Waals surface area contributed by atoms with E-state index in [1.54, 1.807) is 6.08 Å². The molecular formula is C13H16O3. The summed E-state index contributed by atoms with van der Waals surface area (Å²) in [6, 6.07) is 9.48. The molecule has 0 aromatic heterocycles. The first-order chi connectivity index (χ1) is 7.83. The fraction of sp³-hybridized carbons (Fsp3) is 0.385. The van der Waals surface area contributed by atoms with Gasteiger partial charge in [-0.25, -0.2) is 0 Å². The Hall–Kier alpha value is -1.16. The summed E-state index contributed by atoms with van der Waals surface area (Å²) in [4.78, 5) is 0. The molecule has 1 aromatic carbocycles. The van der Waals surface area contributed by atoms with Gasteiger partial charge in [-0.1, -0.05) is 36.4 Å². The van der Waals surface area contributed by atoms with Crippen LogP contribution in [0.5, 0.6) is 0 Å². The van der Waals surface area contributed by atoms with Crippen LogP contribution < -0.4 is 0 Å². The summed E-state index contributed by atoms with van der Waals surface area (Å²) in [6.45, 7) is 4.89. The lowest BCUT2D eigenvalue weighted by Crippen LogP contribution is -2.25. The molecule has 0 spiro atoms. The van der Waals surface area contributed by atoms with Gasteiger partial charge in [0.2, 0.25) is 0 Å². The van der Waals surface area contributed by atoms with Gasteiger partial charge in [-0.15, -0.1) is 6.58 Å². The standard InChI is InChI=1S/C13H16O3/c1-2-11(13-15-8-9-16-13)12(14)10-6-4-3-5-7-10/h2-7,11-14H,1,8-9H2/t11-,12+/m1/s1. The van der Waals surface area contributed by atoms with Crippen molar-refractivity contribution in [3.63, 3.8) is 0 Å². The average molecular weight is 220 g/mol. The van der Waals surface area contributed by atoms with Crippen LogP contribution in [0.1, 0.15) is 11.7 Å². The van der Waals surface area contributed by atoms with Crippen LogP contribution in [-0.4, -0.2) is 24.6 Å². The van der Waals surface area contributed by atoms with Crippen molar-refractivity contribution in [3.05, 3.63) is 48.6 Å². The van der Waals surface area contributed by atoms with Crippen LogP contribution in [0.15, 0.2) is 43.0 Å². The molecule has 2 rings (SSSR count). The zero-order valence-corrected chi connectivity index (χ0v) is 9.08. The van der Waals surface area contributed by atoms with E-state index < -0.39 is 6.10 Å². The molecule has 0 aliphatic carbocycles. The van der Waals surface area contributed by atoms with E-state index in [1.165, 1.54) is 0 Å². The molecule has 1 N–H and O–H groups in total. The Labute approximate surface area is 95.3 Å². The zero-order chi connectivity index (χ0) is 11.4. The molecule has 0 unspecified atom stereocenters. The molecule has 0 saturated carbocycles. The highest BCUT2D eigenvalue weighted by molar-refractivity contribution is 5.19. The molecule has 1 fully saturated rings. The first-order valence-corrected chi connectivity index (χ1v) is 5.41. The zero-order valence-electron chi connectivity index (χ0n) is 9.08. The Balaban J connectivity index is 2.12. The highest BCUT2D eigenvalue weighted by Crippen LogP contribution is 2.29. The van der Waals surface area contributed by atoms with Crippen molar-refractivity contribution in [2.45, 2.75) is 12.4 Å². The van der Waals surface area contributed by atoms with Gasteiger partial charge in [-0.05, 0) is 5.56 Å². The lowest BCUT2D eigenvalue weighted by atomic mass is 9.95. The van der Waals surface area contributed by atoms with Crippen LogP contribution in [0.2, 0.25) is 0 Å². The largest absolute Gasteiger partial charge is 0.388 e. The third kappa shape index (κ3) is 2.32. The van der Waals surface area contributed by atoms with Crippen LogP contribution in [0, 0.1) is 5.92 Å². The quantitative estimate of drug-likeness (QED) is 0.787. The van der Waals surface area contributed by atoms with Crippen molar-refractivity contribution in [1.82, 2.24) is 0 Å². The number of rotatable bonds is 4. The fourth-order valence-corrected chi connectivity index (χ4v) is 1.86. The summed E-state index contributed by atoms with van der Waals surface area (Å²) in [6.07, 6.45) is 0.669. The van der Waals surface area contributed by atoms with Crippen LogP contribution in [0.25, 0.3) is 0 Å². The minimum Gasteiger partial charge on any atom is -0.388 e. The second kappa shape index (κ2) is 5.25. The SMILES string of the molecule is C=C[C@@H](C1OCCO1)[C@@H](O)c1ccccc1. The number of hydrogen-bond donors (Lipinski definition) is 1. The van der Waals surface area contributed by atoms with Gasteiger partial charge in [0.25, 0.3) is 0 Å². The summed E-state index contributed by atoms with van der Waals surface area (Å²) in [5.41, 5.74) is 0.853. The molecule has 1 aliphatic heterocycles. The highest BCUT2D eigenvalue weighted by Gasteiger charge is 2.31. The van der Waals surface area contributed by atoms with Crippen LogP contribution in [-0.2, 0) is 9.47 Å². The van der Waals surface area contributed by atoms with E-state index in [2.05, 4.69) is 6.58 Å². The molecule has 16 heavy (non-hydrogen) atoms. The van der Waals surface area contributed by atoms with E-state index >= 15 is 0 Å². The molecule has 3 heteroatoms. The molecule has 0 radical (unpaired) electrons. The molecule has 2 atom stereocenters. The Morgan fingerprint density at radius 3 is 2.44 bits per heavy atom. The number of hydrogen-bond acceptors (Lipinski definition) is 3. The third-order valence-electron chi connectivity index (χ3n) is 2.74. The van der Waals surface area contributed by atoms with Gasteiger partial charge < -0.3 is 14.6 Å². The fourth-order valence-electron chi connectivity index (χ4n) is 1.86. The average Bonchev–Trinajstić information content (AvgIpc) is 2.85. The summed E-state index contributed by atoms with van der Waals surface area (Å²) >= 11 is 0. The summed E-state index contributed by atoms with van der Waals surface area (Å²) in [5.74, 6) is -0.232. The molecule has 0 bridgehead atoms. The second-order valence-corrected chi connectivity index (χ2v) is 3.78. The lowest BCUT2D eigenvalue weighted by molar-refractivity contribution is -0.101. The number of benzene rings is 1. The van der Waals surface area contributed by atoms with Crippen LogP contribution >= 0.6 is 0 Å². The van der Waals surface area contributed by atoms with Gasteiger partial charge in [-0.2, -0.15) is 0 Å². The Morgan fingerprint density at radius 2 is 1.88 bits per heavy atom. The van der Waals surface area contributed by atoms with Crippen molar-refractivity contribution in [1.29, 1.82) is 0 Å². The van der Waals surface area contributed by atoms with Crippen molar-refractivity contribution >= 4 is 0 Å². The van der Waals surface area contributed by atoms with Gasteiger partial charge in [0.05, 0.1) is 25.2 Å². The number of aliphatic hydroxyl groups is 1. The predicted molar refractivity (Wildman–Crippen MR) is 60.8 cm³/mol. The minimum atomic E-state index is -0.637. The molecule has 86 valence electrons. The van der Waals surface area contributed by atoms with E-state index in [0.717, 1.165) is 5.56 Å². The van der Waals surface area contributed by atoms with Gasteiger partial charge in [0, 0.05) is 0 Å². The maximum Gasteiger partial charge on any atom is 0.166 e. The Morgan fingerprint density at radius 1 is 1.25 bits per heavy atom. The smallest absolute Gasteiger partial charge is 0.166 e. The number of aliphatic hydroxyl groups excluding tert-OH is 1. The van der Waals surface area contributed by atoms with E-state index in [1.807, 2.05) is 30.3 Å². The first-order valence-electron chi connectivity index (χ1n) is 5.41. The van der Waals surface area contributed by atoms with E-state index in [0.29, 0.717) is 13.2 Å². The van der Waals surface area contributed by atoms with Crippen LogP contribution in [0.4, 0.5) is 0 Å². The van der Waals surface area contributed by atoms with Gasteiger partial charge in [0.1, 0.15) is 0 Å². The first kappa shape index (κ1) is 11.3. The Kier molecular flexibility index (Phi) is 3.72. The van der Waals surface area contributed by atoms with Crippen molar-refractivity contribution in [2.75, 3.05) is 13.2 Å². The van der Waals surface area contributed by atoms with E-state index in [9.17, 15) is 5.11 Å². The van der Waals surface area contributed by atoms with Gasteiger partial charge in [0.15, 0.2) is 6.29 Å². The van der Waals surface area contributed by atoms with Gasteiger partial charge in [-0.3, -0.25) is 0 Å². The van der Waals surface area contributed by atoms with Crippen molar-refractivity contribution < 1.29 is 14.6 Å². The molecule has 1 saturated heterocycles. The summed E-state index contributed by atoms with van der Waals surface area (Å²) in [7, 11) is 0. The molecule has 1 aliphatic rings. The monoisotopic (exact) mass is 220 g/mol. The number of ether oxygens (including phenoxy) is 2. The van der Waals surface area contributed by atoms with Crippen molar-refractivity contribution in [2.24, 2.45) is 5.92 Å². The van der Waals surface area contributed by atoms with E-state index in [-0.39, 0.29) is 12.2 Å². The highest BCUT2D eigenvalue weighted by atomic mass is 16.7. The topological polar surface area (TPSA) is 38.7 Å². The maximum atomic E-state index is 10.2. The summed E-state index contributed by atoms with van der Waals surface area (Å²) < 4.78 is 10.8. The normalized spacial score (nSPS) is 20.6. The van der Waals surface area contributed by atoms with Crippen molar-refractivity contribution in [3.8, 4) is 0 Å². The van der Waals surface area contributed by atoms with Gasteiger partial charge >= 0.3 is 0 Å². The molecule has 1 aromatic rings.